The molecule has 0 spiro atoms. The van der Waals surface area contributed by atoms with Gasteiger partial charge in [0, 0.05) is 31.6 Å². The molecule has 0 amide bonds. The van der Waals surface area contributed by atoms with Gasteiger partial charge in [-0.2, -0.15) is 0 Å². The first-order chi connectivity index (χ1) is 9.24. The summed E-state index contributed by atoms with van der Waals surface area (Å²) >= 11 is 1.52. The molecule has 1 aromatic heterocycles. The van der Waals surface area contributed by atoms with Gasteiger partial charge in [0.05, 0.1) is 6.61 Å². The monoisotopic (exact) mass is 283 g/mol. The van der Waals surface area contributed by atoms with E-state index in [0.29, 0.717) is 12.3 Å². The molecule has 6 heteroatoms. The number of anilines is 1. The van der Waals surface area contributed by atoms with Gasteiger partial charge in [0.2, 0.25) is 0 Å². The Morgan fingerprint density at radius 2 is 2.11 bits per heavy atom. The van der Waals surface area contributed by atoms with Crippen LogP contribution in [-0.4, -0.2) is 55.2 Å². The maximum atomic E-state index is 11.6. The molecule has 5 nitrogen and oxygen atoms in total. The lowest BCUT2D eigenvalue weighted by atomic mass is 10.3. The van der Waals surface area contributed by atoms with Crippen LogP contribution < -0.4 is 4.90 Å². The van der Waals surface area contributed by atoms with Gasteiger partial charge in [-0.1, -0.05) is 6.92 Å². The minimum Gasteiger partial charge on any atom is -0.461 e. The van der Waals surface area contributed by atoms with E-state index in [1.165, 1.54) is 24.3 Å². The quantitative estimate of drug-likeness (QED) is 0.772. The first kappa shape index (κ1) is 14.3. The standard InChI is InChI=1S/C13H21N3O2S/c1-3-5-15-6-8-16(9-7-15)13-14-11(10-19-13)12(17)18-4-2/h10H,3-9H2,1-2H3. The number of aromatic nitrogens is 1. The molecule has 0 radical (unpaired) electrons. The number of hydrogen-bond donors (Lipinski definition) is 0. The largest absolute Gasteiger partial charge is 0.461 e. The van der Waals surface area contributed by atoms with Crippen molar-refractivity contribution in [2.75, 3.05) is 44.2 Å². The van der Waals surface area contributed by atoms with Crippen LogP contribution in [-0.2, 0) is 4.74 Å². The number of thiazole rings is 1. The zero-order valence-electron chi connectivity index (χ0n) is 11.6. The molecule has 2 rings (SSSR count). The lowest BCUT2D eigenvalue weighted by molar-refractivity contribution is 0.0520. The summed E-state index contributed by atoms with van der Waals surface area (Å²) in [7, 11) is 0. The van der Waals surface area contributed by atoms with Crippen molar-refractivity contribution < 1.29 is 9.53 Å². The van der Waals surface area contributed by atoms with Crippen LogP contribution in [0.4, 0.5) is 5.13 Å². The second-order valence-electron chi connectivity index (χ2n) is 4.56. The summed E-state index contributed by atoms with van der Waals surface area (Å²) in [4.78, 5) is 20.7. The van der Waals surface area contributed by atoms with Gasteiger partial charge in [0.25, 0.3) is 0 Å². The smallest absolute Gasteiger partial charge is 0.357 e. The zero-order valence-corrected chi connectivity index (χ0v) is 12.4. The SMILES string of the molecule is CCCN1CCN(c2nc(C(=O)OCC)cs2)CC1. The Labute approximate surface area is 118 Å². The third-order valence-electron chi connectivity index (χ3n) is 3.16. The molecule has 0 atom stereocenters. The van der Waals surface area contributed by atoms with Crippen molar-refractivity contribution >= 4 is 22.4 Å². The van der Waals surface area contributed by atoms with Crippen molar-refractivity contribution in [3.63, 3.8) is 0 Å². The number of hydrogen-bond acceptors (Lipinski definition) is 6. The highest BCUT2D eigenvalue weighted by Crippen LogP contribution is 2.22. The normalized spacial score (nSPS) is 16.6. The van der Waals surface area contributed by atoms with Crippen molar-refractivity contribution in [1.29, 1.82) is 0 Å². The van der Waals surface area contributed by atoms with Gasteiger partial charge < -0.3 is 9.64 Å². The lowest BCUT2D eigenvalue weighted by Crippen LogP contribution is -2.46. The summed E-state index contributed by atoms with van der Waals surface area (Å²) in [6.45, 7) is 9.67. The Balaban J connectivity index is 1.91. The van der Waals surface area contributed by atoms with E-state index in [1.54, 1.807) is 12.3 Å². The van der Waals surface area contributed by atoms with E-state index in [2.05, 4.69) is 21.7 Å². The molecule has 0 bridgehead atoms. The van der Waals surface area contributed by atoms with E-state index >= 15 is 0 Å². The number of ether oxygens (including phenoxy) is 1. The fourth-order valence-corrected chi connectivity index (χ4v) is 3.04. The van der Waals surface area contributed by atoms with E-state index in [1.807, 2.05) is 0 Å². The number of nitrogens with zero attached hydrogens (tertiary/aromatic N) is 3. The molecular weight excluding hydrogens is 262 g/mol. The van der Waals surface area contributed by atoms with Crippen LogP contribution in [0.15, 0.2) is 5.38 Å². The van der Waals surface area contributed by atoms with E-state index in [0.717, 1.165) is 31.3 Å². The summed E-state index contributed by atoms with van der Waals surface area (Å²) in [5, 5.41) is 2.71. The summed E-state index contributed by atoms with van der Waals surface area (Å²) in [6, 6.07) is 0. The summed E-state index contributed by atoms with van der Waals surface area (Å²) in [5.74, 6) is -0.324. The molecule has 0 N–H and O–H groups in total. The van der Waals surface area contributed by atoms with Crippen molar-refractivity contribution in [2.45, 2.75) is 20.3 Å². The van der Waals surface area contributed by atoms with Gasteiger partial charge in [-0.05, 0) is 19.9 Å². The first-order valence-electron chi connectivity index (χ1n) is 6.84. The van der Waals surface area contributed by atoms with Crippen LogP contribution in [0.5, 0.6) is 0 Å². The van der Waals surface area contributed by atoms with E-state index < -0.39 is 0 Å². The Bertz CT molecular complexity index is 414. The molecule has 1 aliphatic rings. The van der Waals surface area contributed by atoms with Crippen LogP contribution in [0.25, 0.3) is 0 Å². The van der Waals surface area contributed by atoms with Crippen molar-refractivity contribution in [1.82, 2.24) is 9.88 Å². The van der Waals surface area contributed by atoms with Crippen molar-refractivity contribution in [3.05, 3.63) is 11.1 Å². The second kappa shape index (κ2) is 6.86. The molecule has 1 saturated heterocycles. The fourth-order valence-electron chi connectivity index (χ4n) is 2.19. The van der Waals surface area contributed by atoms with Gasteiger partial charge >= 0.3 is 5.97 Å². The van der Waals surface area contributed by atoms with Gasteiger partial charge in [0.1, 0.15) is 0 Å². The average molecular weight is 283 g/mol. The number of esters is 1. The van der Waals surface area contributed by atoms with E-state index in [-0.39, 0.29) is 5.97 Å². The predicted octanol–water partition coefficient (Wildman–Crippen LogP) is 1.85. The summed E-state index contributed by atoms with van der Waals surface area (Å²) in [6.07, 6.45) is 1.20. The third-order valence-corrected chi connectivity index (χ3v) is 4.06. The van der Waals surface area contributed by atoms with Crippen molar-refractivity contribution in [3.8, 4) is 0 Å². The molecule has 106 valence electrons. The van der Waals surface area contributed by atoms with E-state index in [9.17, 15) is 4.79 Å². The molecule has 2 heterocycles. The molecule has 0 unspecified atom stereocenters. The Kier molecular flexibility index (Phi) is 5.15. The van der Waals surface area contributed by atoms with Crippen LogP contribution >= 0.6 is 11.3 Å². The molecule has 0 saturated carbocycles. The van der Waals surface area contributed by atoms with Crippen LogP contribution in [0.3, 0.4) is 0 Å². The third kappa shape index (κ3) is 3.67. The maximum absolute atomic E-state index is 11.6. The number of carbonyl (C=O) groups is 1. The molecule has 1 fully saturated rings. The molecule has 0 aliphatic carbocycles. The maximum Gasteiger partial charge on any atom is 0.357 e. The summed E-state index contributed by atoms with van der Waals surface area (Å²) in [5.41, 5.74) is 0.429. The Morgan fingerprint density at radius 1 is 1.37 bits per heavy atom. The first-order valence-corrected chi connectivity index (χ1v) is 7.72. The van der Waals surface area contributed by atoms with Crippen LogP contribution in [0.2, 0.25) is 0 Å². The molecule has 1 aliphatic heterocycles. The van der Waals surface area contributed by atoms with Gasteiger partial charge in [-0.3, -0.25) is 4.90 Å². The van der Waals surface area contributed by atoms with Gasteiger partial charge in [0.15, 0.2) is 10.8 Å². The molecule has 1 aromatic rings. The zero-order chi connectivity index (χ0) is 13.7. The van der Waals surface area contributed by atoms with Crippen LogP contribution in [0.1, 0.15) is 30.8 Å². The van der Waals surface area contributed by atoms with E-state index in [4.69, 9.17) is 4.74 Å². The van der Waals surface area contributed by atoms with Gasteiger partial charge in [-0.25, -0.2) is 9.78 Å². The summed E-state index contributed by atoms with van der Waals surface area (Å²) < 4.78 is 4.96. The number of carbonyl (C=O) groups excluding carboxylic acids is 1. The lowest BCUT2D eigenvalue weighted by Gasteiger charge is -2.34. The topological polar surface area (TPSA) is 45.7 Å². The average Bonchev–Trinajstić information content (AvgIpc) is 2.90. The molecule has 0 aromatic carbocycles. The minimum atomic E-state index is -0.324. The van der Waals surface area contributed by atoms with Gasteiger partial charge in [-0.15, -0.1) is 11.3 Å². The fraction of sp³-hybridized carbons (Fsp3) is 0.692. The van der Waals surface area contributed by atoms with Crippen LogP contribution in [0, 0.1) is 0 Å². The minimum absolute atomic E-state index is 0.324. The number of rotatable bonds is 5. The Morgan fingerprint density at radius 3 is 2.74 bits per heavy atom. The Hall–Kier alpha value is -1.14. The highest BCUT2D eigenvalue weighted by atomic mass is 32.1. The number of piperazine rings is 1. The predicted molar refractivity (Wildman–Crippen MR) is 77.0 cm³/mol. The van der Waals surface area contributed by atoms with Crippen molar-refractivity contribution in [2.24, 2.45) is 0 Å². The second-order valence-corrected chi connectivity index (χ2v) is 5.40. The highest BCUT2D eigenvalue weighted by molar-refractivity contribution is 7.13. The molecule has 19 heavy (non-hydrogen) atoms. The highest BCUT2D eigenvalue weighted by Gasteiger charge is 2.20. The molecular formula is C13H21N3O2S.